The van der Waals surface area contributed by atoms with Gasteiger partial charge in [0.1, 0.15) is 5.82 Å². The summed E-state index contributed by atoms with van der Waals surface area (Å²) >= 11 is 3.22. The zero-order chi connectivity index (χ0) is 22.4. The summed E-state index contributed by atoms with van der Waals surface area (Å²) < 4.78 is 58.5. The molecule has 162 valence electrons. The molecular formula is C20H14BrF3N2O5. The molecule has 2 aromatic carbocycles. The fourth-order valence-corrected chi connectivity index (χ4v) is 2.79. The number of alkyl halides is 2. The fourth-order valence-electron chi connectivity index (χ4n) is 2.41. The number of aromatic nitrogens is 2. The maximum absolute atomic E-state index is 13.7. The van der Waals surface area contributed by atoms with Crippen molar-refractivity contribution in [2.45, 2.75) is 13.2 Å². The highest BCUT2D eigenvalue weighted by Gasteiger charge is 2.15. The van der Waals surface area contributed by atoms with Gasteiger partial charge in [0, 0.05) is 21.7 Å². The van der Waals surface area contributed by atoms with E-state index in [0.29, 0.717) is 10.0 Å². The fraction of sp³-hybridized carbons (Fsp3) is 0.150. The third-order valence-corrected chi connectivity index (χ3v) is 4.29. The van der Waals surface area contributed by atoms with Crippen molar-refractivity contribution in [1.29, 1.82) is 0 Å². The number of ether oxygens (including phenoxy) is 3. The van der Waals surface area contributed by atoms with Gasteiger partial charge in [0.2, 0.25) is 5.82 Å². The van der Waals surface area contributed by atoms with Gasteiger partial charge in [0.15, 0.2) is 18.1 Å². The van der Waals surface area contributed by atoms with E-state index in [9.17, 15) is 18.0 Å². The molecule has 0 aliphatic rings. The Labute approximate surface area is 182 Å². The molecule has 0 aliphatic carbocycles. The Morgan fingerprint density at radius 1 is 1.23 bits per heavy atom. The molecule has 11 heteroatoms. The number of hydrogen-bond donors (Lipinski definition) is 0. The minimum absolute atomic E-state index is 0.00254. The van der Waals surface area contributed by atoms with Gasteiger partial charge >= 0.3 is 12.6 Å². The minimum Gasteiger partial charge on any atom is -0.493 e. The normalized spacial score (nSPS) is 11.2. The van der Waals surface area contributed by atoms with E-state index in [1.165, 1.54) is 49.6 Å². The first-order valence-corrected chi connectivity index (χ1v) is 9.40. The third kappa shape index (κ3) is 6.07. The second-order valence-corrected chi connectivity index (χ2v) is 6.78. The van der Waals surface area contributed by atoms with E-state index in [1.54, 1.807) is 0 Å². The molecule has 0 bridgehead atoms. The third-order valence-electron chi connectivity index (χ3n) is 3.80. The lowest BCUT2D eigenvalue weighted by Gasteiger charge is -2.10. The molecule has 0 atom stereocenters. The van der Waals surface area contributed by atoms with Crippen molar-refractivity contribution in [3.63, 3.8) is 0 Å². The van der Waals surface area contributed by atoms with Crippen LogP contribution < -0.4 is 9.47 Å². The molecule has 1 aromatic heterocycles. The van der Waals surface area contributed by atoms with Gasteiger partial charge in [-0.15, -0.1) is 0 Å². The van der Waals surface area contributed by atoms with Crippen LogP contribution in [0.3, 0.4) is 0 Å². The van der Waals surface area contributed by atoms with Crippen molar-refractivity contribution in [2.75, 3.05) is 7.11 Å². The van der Waals surface area contributed by atoms with Gasteiger partial charge in [0.25, 0.3) is 5.89 Å². The van der Waals surface area contributed by atoms with Crippen LogP contribution in [-0.2, 0) is 16.1 Å². The summed E-state index contributed by atoms with van der Waals surface area (Å²) in [6.07, 6.45) is 2.34. The summed E-state index contributed by atoms with van der Waals surface area (Å²) in [4.78, 5) is 15.9. The smallest absolute Gasteiger partial charge is 0.387 e. The summed E-state index contributed by atoms with van der Waals surface area (Å²) in [6, 6.07) is 8.42. The summed E-state index contributed by atoms with van der Waals surface area (Å²) in [7, 11) is 1.30. The molecule has 0 unspecified atom stereocenters. The van der Waals surface area contributed by atoms with Gasteiger partial charge in [0.05, 0.1) is 7.11 Å². The molecule has 0 aliphatic heterocycles. The Morgan fingerprint density at radius 2 is 2.03 bits per heavy atom. The van der Waals surface area contributed by atoms with E-state index in [4.69, 9.17) is 14.0 Å². The Balaban J connectivity index is 1.63. The van der Waals surface area contributed by atoms with Crippen LogP contribution in [0.4, 0.5) is 13.2 Å². The van der Waals surface area contributed by atoms with Crippen LogP contribution in [0.25, 0.3) is 17.5 Å². The number of rotatable bonds is 8. The summed E-state index contributed by atoms with van der Waals surface area (Å²) in [5.41, 5.74) is 0.615. The molecule has 0 N–H and O–H groups in total. The number of carbonyl (C=O) groups excluding carboxylic acids is 1. The number of halogens is 4. The second kappa shape index (κ2) is 10.1. The lowest BCUT2D eigenvalue weighted by molar-refractivity contribution is -0.139. The molecule has 0 radical (unpaired) electrons. The molecule has 1 heterocycles. The number of hydrogen-bond acceptors (Lipinski definition) is 7. The highest BCUT2D eigenvalue weighted by molar-refractivity contribution is 9.10. The lowest BCUT2D eigenvalue weighted by atomic mass is 10.2. The molecule has 0 amide bonds. The molecule has 0 fully saturated rings. The first-order valence-electron chi connectivity index (χ1n) is 8.61. The standard InChI is InChI=1S/C20H14BrF3N2O5/c1-28-16-9-12(2-6-15(16)30-20(23)24)19-25-17(31-26-19)10-29-18(27)7-3-11-8-13(21)4-5-14(11)22/h2-9,20H,10H2,1H3/b7-3+. The Morgan fingerprint density at radius 3 is 2.77 bits per heavy atom. The molecule has 0 spiro atoms. The first-order chi connectivity index (χ1) is 14.9. The summed E-state index contributed by atoms with van der Waals surface area (Å²) in [5, 5.41) is 3.75. The number of methoxy groups -OCH3 is 1. The maximum Gasteiger partial charge on any atom is 0.387 e. The summed E-state index contributed by atoms with van der Waals surface area (Å²) in [6.45, 7) is -3.32. The monoisotopic (exact) mass is 498 g/mol. The van der Waals surface area contributed by atoms with Crippen molar-refractivity contribution in [1.82, 2.24) is 10.1 Å². The van der Waals surface area contributed by atoms with Gasteiger partial charge in [-0.2, -0.15) is 13.8 Å². The number of nitrogens with zero attached hydrogens (tertiary/aromatic N) is 2. The molecule has 0 saturated heterocycles. The molecule has 3 aromatic rings. The molecular weight excluding hydrogens is 485 g/mol. The number of benzene rings is 2. The zero-order valence-electron chi connectivity index (χ0n) is 15.9. The van der Waals surface area contributed by atoms with Crippen LogP contribution in [0, 0.1) is 5.82 Å². The van der Waals surface area contributed by atoms with E-state index in [1.807, 2.05) is 0 Å². The van der Waals surface area contributed by atoms with Crippen molar-refractivity contribution in [2.24, 2.45) is 0 Å². The van der Waals surface area contributed by atoms with Crippen molar-refractivity contribution < 1.29 is 36.7 Å². The zero-order valence-corrected chi connectivity index (χ0v) is 17.4. The molecule has 31 heavy (non-hydrogen) atoms. The van der Waals surface area contributed by atoms with E-state index in [0.717, 1.165) is 6.08 Å². The quantitative estimate of drug-likeness (QED) is 0.319. The Bertz CT molecular complexity index is 1100. The number of carbonyl (C=O) groups is 1. The Hall–Kier alpha value is -3.34. The predicted octanol–water partition coefficient (Wildman–Crippen LogP) is 5.00. The van der Waals surface area contributed by atoms with Gasteiger partial charge in [-0.1, -0.05) is 21.1 Å². The number of esters is 1. The van der Waals surface area contributed by atoms with Gasteiger partial charge in [-0.3, -0.25) is 0 Å². The maximum atomic E-state index is 13.7. The second-order valence-electron chi connectivity index (χ2n) is 5.86. The van der Waals surface area contributed by atoms with Crippen molar-refractivity contribution in [3.05, 3.63) is 64.2 Å². The van der Waals surface area contributed by atoms with E-state index >= 15 is 0 Å². The van der Waals surface area contributed by atoms with Crippen molar-refractivity contribution in [3.8, 4) is 22.9 Å². The average molecular weight is 499 g/mol. The summed E-state index contributed by atoms with van der Waals surface area (Å²) in [5.74, 6) is -1.20. The van der Waals surface area contributed by atoms with E-state index in [-0.39, 0.29) is 35.4 Å². The van der Waals surface area contributed by atoms with Crippen LogP contribution >= 0.6 is 15.9 Å². The molecule has 3 rings (SSSR count). The van der Waals surface area contributed by atoms with Gasteiger partial charge in [-0.05, 0) is 42.5 Å². The lowest BCUT2D eigenvalue weighted by Crippen LogP contribution is -2.03. The van der Waals surface area contributed by atoms with Gasteiger partial charge < -0.3 is 18.7 Å². The van der Waals surface area contributed by atoms with Crippen LogP contribution in [0.1, 0.15) is 11.5 Å². The SMILES string of the molecule is COc1cc(-c2noc(COC(=O)/C=C/c3cc(Br)ccc3F)n2)ccc1OC(F)F. The molecule has 7 nitrogen and oxygen atoms in total. The molecule has 0 saturated carbocycles. The van der Waals surface area contributed by atoms with Crippen LogP contribution in [0.5, 0.6) is 11.5 Å². The topological polar surface area (TPSA) is 83.7 Å². The van der Waals surface area contributed by atoms with Crippen LogP contribution in [0.2, 0.25) is 0 Å². The largest absolute Gasteiger partial charge is 0.493 e. The van der Waals surface area contributed by atoms with Gasteiger partial charge in [-0.25, -0.2) is 9.18 Å². The minimum atomic E-state index is -3.00. The predicted molar refractivity (Wildman–Crippen MR) is 106 cm³/mol. The van der Waals surface area contributed by atoms with E-state index in [2.05, 4.69) is 30.8 Å². The average Bonchev–Trinajstić information content (AvgIpc) is 3.22. The van der Waals surface area contributed by atoms with Crippen LogP contribution in [0.15, 0.2) is 51.5 Å². The highest BCUT2D eigenvalue weighted by atomic mass is 79.9. The van der Waals surface area contributed by atoms with Crippen molar-refractivity contribution >= 4 is 28.0 Å². The highest BCUT2D eigenvalue weighted by Crippen LogP contribution is 2.32. The van der Waals surface area contributed by atoms with E-state index < -0.39 is 18.4 Å². The first kappa shape index (κ1) is 22.3. The Kier molecular flexibility index (Phi) is 7.29. The van der Waals surface area contributed by atoms with Crippen LogP contribution in [-0.4, -0.2) is 29.8 Å².